The maximum atomic E-state index is 12.3. The van der Waals surface area contributed by atoms with E-state index in [0.717, 1.165) is 10.0 Å². The molecule has 0 fully saturated rings. The van der Waals surface area contributed by atoms with Crippen LogP contribution in [0, 0.1) is 0 Å². The van der Waals surface area contributed by atoms with Gasteiger partial charge in [0.15, 0.2) is 11.5 Å². The topological polar surface area (TPSA) is 97.8 Å². The molecule has 150 valence electrons. The Hall–Kier alpha value is -3.33. The highest BCUT2D eigenvalue weighted by molar-refractivity contribution is 9.10. The Morgan fingerprint density at radius 2 is 1.72 bits per heavy atom. The molecule has 3 rings (SSSR count). The number of carbonyl (C=O) groups is 1. The van der Waals surface area contributed by atoms with Crippen molar-refractivity contribution in [3.05, 3.63) is 58.2 Å². The van der Waals surface area contributed by atoms with Crippen molar-refractivity contribution >= 4 is 28.1 Å². The van der Waals surface area contributed by atoms with Crippen LogP contribution < -0.4 is 19.6 Å². The van der Waals surface area contributed by atoms with Crippen LogP contribution >= 0.6 is 15.9 Å². The van der Waals surface area contributed by atoms with Crippen molar-refractivity contribution in [2.75, 3.05) is 21.3 Å². The number of carbonyl (C=O) groups excluding carboxylic acids is 1. The third-order valence-corrected chi connectivity index (χ3v) is 4.56. The van der Waals surface area contributed by atoms with E-state index in [4.69, 9.17) is 14.2 Å². The van der Waals surface area contributed by atoms with Crippen LogP contribution in [-0.4, -0.2) is 43.6 Å². The van der Waals surface area contributed by atoms with Crippen molar-refractivity contribution in [1.29, 1.82) is 0 Å². The average Bonchev–Trinajstić information content (AvgIpc) is 3.23. The first-order valence-corrected chi connectivity index (χ1v) is 9.29. The van der Waals surface area contributed by atoms with Crippen molar-refractivity contribution in [2.45, 2.75) is 0 Å². The number of H-pyrrole nitrogens is 1. The van der Waals surface area contributed by atoms with E-state index in [1.54, 1.807) is 18.2 Å². The lowest BCUT2D eigenvalue weighted by molar-refractivity contribution is 0.0950. The number of ether oxygens (including phenoxy) is 3. The van der Waals surface area contributed by atoms with Crippen LogP contribution in [0.2, 0.25) is 0 Å². The predicted octanol–water partition coefficient (Wildman–Crippen LogP) is 3.63. The van der Waals surface area contributed by atoms with Gasteiger partial charge in [-0.05, 0) is 30.3 Å². The number of halogens is 1. The van der Waals surface area contributed by atoms with Crippen LogP contribution in [0.1, 0.15) is 16.1 Å². The minimum atomic E-state index is -0.412. The third kappa shape index (κ3) is 4.75. The summed E-state index contributed by atoms with van der Waals surface area (Å²) < 4.78 is 16.8. The summed E-state index contributed by atoms with van der Waals surface area (Å²) in [6.45, 7) is 0. The zero-order valence-electron chi connectivity index (χ0n) is 16.0. The molecule has 2 aromatic carbocycles. The Balaban J connectivity index is 1.71. The zero-order valence-corrected chi connectivity index (χ0v) is 17.6. The first-order chi connectivity index (χ1) is 14.0. The van der Waals surface area contributed by atoms with E-state index in [0.29, 0.717) is 34.2 Å². The van der Waals surface area contributed by atoms with Crippen LogP contribution in [0.5, 0.6) is 17.2 Å². The summed E-state index contributed by atoms with van der Waals surface area (Å²) in [5.74, 6) is 1.05. The smallest absolute Gasteiger partial charge is 0.289 e. The molecule has 9 heteroatoms. The van der Waals surface area contributed by atoms with Crippen LogP contribution in [0.4, 0.5) is 0 Å². The van der Waals surface area contributed by atoms with E-state index in [-0.39, 0.29) is 0 Å². The van der Waals surface area contributed by atoms with Gasteiger partial charge in [0, 0.05) is 15.6 Å². The van der Waals surface area contributed by atoms with Crippen LogP contribution in [-0.2, 0) is 0 Å². The van der Waals surface area contributed by atoms with Gasteiger partial charge in [-0.15, -0.1) is 0 Å². The molecular formula is C20H19BrN4O4. The average molecular weight is 459 g/mol. The summed E-state index contributed by atoms with van der Waals surface area (Å²) in [6, 6.07) is 12.7. The van der Waals surface area contributed by atoms with Gasteiger partial charge >= 0.3 is 0 Å². The molecule has 0 bridgehead atoms. The van der Waals surface area contributed by atoms with Gasteiger partial charge in [0.25, 0.3) is 5.91 Å². The highest BCUT2D eigenvalue weighted by Crippen LogP contribution is 2.37. The normalized spacial score (nSPS) is 10.8. The van der Waals surface area contributed by atoms with E-state index in [1.165, 1.54) is 27.5 Å². The fraction of sp³-hybridized carbons (Fsp3) is 0.150. The Labute approximate surface area is 176 Å². The molecule has 8 nitrogen and oxygen atoms in total. The lowest BCUT2D eigenvalue weighted by atomic mass is 10.1. The first-order valence-electron chi connectivity index (χ1n) is 8.50. The molecule has 0 aliphatic heterocycles. The van der Waals surface area contributed by atoms with Crippen LogP contribution in [0.15, 0.2) is 52.0 Å². The molecule has 1 heterocycles. The zero-order chi connectivity index (χ0) is 20.8. The summed E-state index contributed by atoms with van der Waals surface area (Å²) in [5.41, 5.74) is 4.98. The number of hydrogen-bond acceptors (Lipinski definition) is 6. The van der Waals surface area contributed by atoms with Crippen molar-refractivity contribution in [3.8, 4) is 28.5 Å². The SMILES string of the molecule is COc1cc(/C=N/NC(=O)c2cc(-c3ccc(Br)cc3)n[nH]2)cc(OC)c1OC. The van der Waals surface area contributed by atoms with Crippen molar-refractivity contribution in [3.63, 3.8) is 0 Å². The maximum absolute atomic E-state index is 12.3. The quantitative estimate of drug-likeness (QED) is 0.416. The summed E-state index contributed by atoms with van der Waals surface area (Å²) in [5, 5.41) is 10.9. The van der Waals surface area contributed by atoms with Gasteiger partial charge in [0.1, 0.15) is 5.69 Å². The summed E-state index contributed by atoms with van der Waals surface area (Å²) in [6.07, 6.45) is 1.48. The lowest BCUT2D eigenvalue weighted by Crippen LogP contribution is -2.18. The van der Waals surface area contributed by atoms with Gasteiger partial charge in [0.2, 0.25) is 5.75 Å². The van der Waals surface area contributed by atoms with E-state index in [2.05, 4.69) is 36.7 Å². The van der Waals surface area contributed by atoms with Gasteiger partial charge in [-0.1, -0.05) is 28.1 Å². The minimum Gasteiger partial charge on any atom is -0.493 e. The maximum Gasteiger partial charge on any atom is 0.289 e. The standard InChI is InChI=1S/C20H19BrN4O4/c1-27-17-8-12(9-18(28-2)19(17)29-3)11-22-25-20(26)16-10-15(23-24-16)13-4-6-14(21)7-5-13/h4-11H,1-3H3,(H,23,24)(H,25,26)/b22-11+. The van der Waals surface area contributed by atoms with Crippen molar-refractivity contribution in [1.82, 2.24) is 15.6 Å². The highest BCUT2D eigenvalue weighted by atomic mass is 79.9. The summed E-state index contributed by atoms with van der Waals surface area (Å²) in [4.78, 5) is 12.3. The van der Waals surface area contributed by atoms with Crippen molar-refractivity contribution in [2.24, 2.45) is 5.10 Å². The molecule has 0 unspecified atom stereocenters. The Bertz CT molecular complexity index is 1010. The second kappa shape index (κ2) is 9.24. The number of benzene rings is 2. The van der Waals surface area contributed by atoms with Gasteiger partial charge in [0.05, 0.1) is 33.2 Å². The second-order valence-corrected chi connectivity index (χ2v) is 6.75. The number of amides is 1. The number of rotatable bonds is 7. The van der Waals surface area contributed by atoms with E-state index < -0.39 is 5.91 Å². The highest BCUT2D eigenvalue weighted by Gasteiger charge is 2.13. The van der Waals surface area contributed by atoms with Crippen LogP contribution in [0.3, 0.4) is 0 Å². The third-order valence-electron chi connectivity index (χ3n) is 4.03. The van der Waals surface area contributed by atoms with E-state index in [9.17, 15) is 4.79 Å². The molecule has 0 spiro atoms. The summed E-state index contributed by atoms with van der Waals surface area (Å²) in [7, 11) is 4.59. The second-order valence-electron chi connectivity index (χ2n) is 5.83. The molecule has 29 heavy (non-hydrogen) atoms. The first kappa shape index (κ1) is 20.4. The number of aromatic nitrogens is 2. The molecule has 1 amide bonds. The lowest BCUT2D eigenvalue weighted by Gasteiger charge is -2.12. The molecule has 2 N–H and O–H groups in total. The van der Waals surface area contributed by atoms with Gasteiger partial charge in [-0.2, -0.15) is 10.2 Å². The molecule has 0 radical (unpaired) electrons. The van der Waals surface area contributed by atoms with Crippen LogP contribution in [0.25, 0.3) is 11.3 Å². The van der Waals surface area contributed by atoms with Gasteiger partial charge in [-0.25, -0.2) is 5.43 Å². The number of hydrazone groups is 1. The van der Waals surface area contributed by atoms with Gasteiger partial charge < -0.3 is 14.2 Å². The van der Waals surface area contributed by atoms with Gasteiger partial charge in [-0.3, -0.25) is 9.89 Å². The largest absolute Gasteiger partial charge is 0.493 e. The number of hydrogen-bond donors (Lipinski definition) is 2. The fourth-order valence-electron chi connectivity index (χ4n) is 2.61. The number of nitrogens with zero attached hydrogens (tertiary/aromatic N) is 2. The molecule has 0 saturated carbocycles. The Morgan fingerprint density at radius 3 is 2.31 bits per heavy atom. The minimum absolute atomic E-state index is 0.296. The molecule has 0 aliphatic rings. The molecule has 0 saturated heterocycles. The van der Waals surface area contributed by atoms with E-state index >= 15 is 0 Å². The Morgan fingerprint density at radius 1 is 1.07 bits per heavy atom. The molecule has 3 aromatic rings. The molecule has 1 aromatic heterocycles. The number of methoxy groups -OCH3 is 3. The van der Waals surface area contributed by atoms with E-state index in [1.807, 2.05) is 24.3 Å². The number of nitrogens with one attached hydrogen (secondary N) is 2. The molecule has 0 aliphatic carbocycles. The Kier molecular flexibility index (Phi) is 6.50. The summed E-state index contributed by atoms with van der Waals surface area (Å²) >= 11 is 3.39. The number of aromatic amines is 1. The van der Waals surface area contributed by atoms with Crippen molar-refractivity contribution < 1.29 is 19.0 Å². The predicted molar refractivity (Wildman–Crippen MR) is 113 cm³/mol. The monoisotopic (exact) mass is 458 g/mol. The molecule has 0 atom stereocenters. The molecular weight excluding hydrogens is 440 g/mol. The fourth-order valence-corrected chi connectivity index (χ4v) is 2.87.